The van der Waals surface area contributed by atoms with Crippen molar-refractivity contribution in [2.24, 2.45) is 0 Å². The van der Waals surface area contributed by atoms with Crippen LogP contribution in [0.4, 0.5) is 0 Å². The average Bonchev–Trinajstić information content (AvgIpc) is 2.19. The normalized spacial score (nSPS) is 9.85. The predicted octanol–water partition coefficient (Wildman–Crippen LogP) is 3.17. The van der Waals surface area contributed by atoms with Gasteiger partial charge in [0.1, 0.15) is 0 Å². The summed E-state index contributed by atoms with van der Waals surface area (Å²) in [6.07, 6.45) is 9.36. The molecule has 1 aromatic rings. The lowest BCUT2D eigenvalue weighted by molar-refractivity contribution is 0.679. The minimum absolute atomic E-state index is 1.03. The summed E-state index contributed by atoms with van der Waals surface area (Å²) in [7, 11) is 0. The number of aromatic nitrogens is 1. The number of hydrogen-bond acceptors (Lipinski definition) is 1. The number of nitrogens with zero attached hydrogens (tertiary/aromatic N) is 1. The first-order chi connectivity index (χ1) is 6.43. The summed E-state index contributed by atoms with van der Waals surface area (Å²) in [4.78, 5) is 4.26. The van der Waals surface area contributed by atoms with Crippen LogP contribution < -0.4 is 0 Å². The zero-order valence-corrected chi connectivity index (χ0v) is 7.95. The highest BCUT2D eigenvalue weighted by Crippen LogP contribution is 2.05. The maximum absolute atomic E-state index is 5.28. The van der Waals surface area contributed by atoms with E-state index in [2.05, 4.69) is 11.1 Å². The van der Waals surface area contributed by atoms with Crippen LogP contribution >= 0.6 is 0 Å². The molecule has 1 radical (unpaired) electrons. The Labute approximate surface area is 80.5 Å². The van der Waals surface area contributed by atoms with E-state index in [0.29, 0.717) is 0 Å². The van der Waals surface area contributed by atoms with Gasteiger partial charge in [0.15, 0.2) is 0 Å². The van der Waals surface area contributed by atoms with E-state index in [9.17, 15) is 0 Å². The maximum atomic E-state index is 5.28. The third-order valence-electron chi connectivity index (χ3n) is 2.03. The first-order valence-electron chi connectivity index (χ1n) is 4.87. The highest BCUT2D eigenvalue weighted by molar-refractivity contribution is 5.03. The van der Waals surface area contributed by atoms with Crippen molar-refractivity contribution < 1.29 is 0 Å². The molecule has 0 aliphatic rings. The maximum Gasteiger partial charge on any atom is 0.0403 e. The Balaban J connectivity index is 2.10. The zero-order chi connectivity index (χ0) is 9.36. The lowest BCUT2D eigenvalue weighted by Gasteiger charge is -1.98. The Hall–Kier alpha value is -1.11. The fourth-order valence-corrected chi connectivity index (χ4v) is 1.29. The molecule has 0 fully saturated rings. The lowest BCUT2D eigenvalue weighted by Crippen LogP contribution is -1.88. The van der Waals surface area contributed by atoms with Crippen molar-refractivity contribution in [3.63, 3.8) is 0 Å². The summed E-state index contributed by atoms with van der Waals surface area (Å²) in [5.74, 6) is 0. The van der Waals surface area contributed by atoms with Crippen molar-refractivity contribution in [2.45, 2.75) is 32.1 Å². The van der Waals surface area contributed by atoms with Gasteiger partial charge in [-0.1, -0.05) is 25.1 Å². The van der Waals surface area contributed by atoms with Crippen LogP contribution in [0.3, 0.4) is 0 Å². The molecular formula is C12H16N. The Morgan fingerprint density at radius 2 is 2.15 bits per heavy atom. The molecule has 0 atom stereocenters. The predicted molar refractivity (Wildman–Crippen MR) is 55.3 cm³/mol. The van der Waals surface area contributed by atoms with Gasteiger partial charge >= 0.3 is 0 Å². The van der Waals surface area contributed by atoms with Crippen molar-refractivity contribution in [1.82, 2.24) is 4.98 Å². The second-order valence-corrected chi connectivity index (χ2v) is 3.16. The molecule has 1 heterocycles. The van der Waals surface area contributed by atoms with Gasteiger partial charge in [-0.15, -0.1) is 0 Å². The van der Waals surface area contributed by atoms with Crippen LogP contribution in [0.25, 0.3) is 0 Å². The molecule has 1 heteroatoms. The van der Waals surface area contributed by atoms with Crippen LogP contribution in [-0.2, 0) is 6.42 Å². The fourth-order valence-electron chi connectivity index (χ4n) is 1.29. The van der Waals surface area contributed by atoms with Gasteiger partial charge in [0.25, 0.3) is 0 Å². The summed E-state index contributed by atoms with van der Waals surface area (Å²) in [6, 6.07) is 6.07. The molecule has 0 amide bonds. The second kappa shape index (κ2) is 6.41. The van der Waals surface area contributed by atoms with Crippen molar-refractivity contribution in [2.75, 3.05) is 0 Å². The highest BCUT2D eigenvalue weighted by atomic mass is 14.7. The van der Waals surface area contributed by atoms with Crippen LogP contribution in [0.2, 0.25) is 0 Å². The Morgan fingerprint density at radius 3 is 2.85 bits per heavy atom. The van der Waals surface area contributed by atoms with E-state index in [1.54, 1.807) is 6.08 Å². The first kappa shape index (κ1) is 9.97. The summed E-state index contributed by atoms with van der Waals surface area (Å²) in [6.45, 7) is 5.28. The summed E-state index contributed by atoms with van der Waals surface area (Å²) in [5, 5.41) is 0. The Kier molecular flexibility index (Phi) is 4.92. The first-order valence-corrected chi connectivity index (χ1v) is 4.87. The second-order valence-electron chi connectivity index (χ2n) is 3.16. The smallest absolute Gasteiger partial charge is 0.0403 e. The van der Waals surface area contributed by atoms with Crippen LogP contribution in [0.15, 0.2) is 30.5 Å². The van der Waals surface area contributed by atoms with Crippen molar-refractivity contribution in [3.8, 4) is 0 Å². The highest BCUT2D eigenvalue weighted by Gasteiger charge is 1.92. The quantitative estimate of drug-likeness (QED) is 0.604. The molecule has 0 aliphatic heterocycles. The third-order valence-corrected chi connectivity index (χ3v) is 2.03. The van der Waals surface area contributed by atoms with Crippen LogP contribution in [-0.4, -0.2) is 4.98 Å². The van der Waals surface area contributed by atoms with Gasteiger partial charge in [0.05, 0.1) is 0 Å². The number of aryl methyl sites for hydroxylation is 1. The van der Waals surface area contributed by atoms with Crippen LogP contribution in [0.5, 0.6) is 0 Å². The zero-order valence-electron chi connectivity index (χ0n) is 7.95. The van der Waals surface area contributed by atoms with Crippen molar-refractivity contribution >= 4 is 0 Å². The van der Waals surface area contributed by atoms with Crippen molar-refractivity contribution in [3.05, 3.63) is 42.7 Å². The SMILES string of the molecule is [CH]=CCCCCCc1ccccn1. The molecule has 0 aliphatic carbocycles. The van der Waals surface area contributed by atoms with E-state index in [4.69, 9.17) is 6.58 Å². The number of pyridine rings is 1. The van der Waals surface area contributed by atoms with E-state index < -0.39 is 0 Å². The standard InChI is InChI=1S/C12H16N/c1-2-3-4-5-6-9-12-10-7-8-11-13-12/h1-2,7-8,10-11H,3-6,9H2. The van der Waals surface area contributed by atoms with Gasteiger partial charge < -0.3 is 0 Å². The van der Waals surface area contributed by atoms with Gasteiger partial charge in [0.2, 0.25) is 0 Å². The molecule has 13 heavy (non-hydrogen) atoms. The molecule has 0 saturated heterocycles. The van der Waals surface area contributed by atoms with Crippen LogP contribution in [0.1, 0.15) is 31.4 Å². The molecule has 0 bridgehead atoms. The summed E-state index contributed by atoms with van der Waals surface area (Å²) >= 11 is 0. The molecule has 1 rings (SSSR count). The molecule has 0 saturated carbocycles. The van der Waals surface area contributed by atoms with Crippen LogP contribution in [0, 0.1) is 6.58 Å². The molecular weight excluding hydrogens is 158 g/mol. The minimum Gasteiger partial charge on any atom is -0.261 e. The van der Waals surface area contributed by atoms with E-state index in [-0.39, 0.29) is 0 Å². The topological polar surface area (TPSA) is 12.9 Å². The molecule has 1 nitrogen and oxygen atoms in total. The van der Waals surface area contributed by atoms with E-state index in [1.807, 2.05) is 18.3 Å². The molecule has 1 aromatic heterocycles. The van der Waals surface area contributed by atoms with Gasteiger partial charge in [-0.05, 0) is 37.8 Å². The van der Waals surface area contributed by atoms with E-state index in [0.717, 1.165) is 12.8 Å². The number of allylic oxidation sites excluding steroid dienone is 1. The van der Waals surface area contributed by atoms with Crippen molar-refractivity contribution in [1.29, 1.82) is 0 Å². The Bertz CT molecular complexity index is 228. The third kappa shape index (κ3) is 4.46. The lowest BCUT2D eigenvalue weighted by atomic mass is 10.1. The number of unbranched alkanes of at least 4 members (excludes halogenated alkanes) is 3. The van der Waals surface area contributed by atoms with Gasteiger partial charge in [-0.2, -0.15) is 0 Å². The Morgan fingerprint density at radius 1 is 1.23 bits per heavy atom. The molecule has 69 valence electrons. The number of hydrogen-bond donors (Lipinski definition) is 0. The average molecular weight is 174 g/mol. The minimum atomic E-state index is 1.03. The largest absolute Gasteiger partial charge is 0.261 e. The summed E-state index contributed by atoms with van der Waals surface area (Å²) in [5.41, 5.74) is 1.19. The van der Waals surface area contributed by atoms with E-state index >= 15 is 0 Å². The van der Waals surface area contributed by atoms with Gasteiger partial charge in [0, 0.05) is 11.9 Å². The summed E-state index contributed by atoms with van der Waals surface area (Å²) < 4.78 is 0. The number of rotatable bonds is 6. The molecule has 0 N–H and O–H groups in total. The molecule has 0 spiro atoms. The monoisotopic (exact) mass is 174 g/mol. The fraction of sp³-hybridized carbons (Fsp3) is 0.417. The van der Waals surface area contributed by atoms with Gasteiger partial charge in [-0.3, -0.25) is 4.98 Å². The molecule has 0 aromatic carbocycles. The molecule has 0 unspecified atom stereocenters. The van der Waals surface area contributed by atoms with Gasteiger partial charge in [-0.25, -0.2) is 0 Å². The van der Waals surface area contributed by atoms with E-state index in [1.165, 1.54) is 25.0 Å².